The van der Waals surface area contributed by atoms with Gasteiger partial charge in [0.05, 0.1) is 24.8 Å². The quantitative estimate of drug-likeness (QED) is 0.702. The molecule has 0 spiro atoms. The number of hydrogen-bond acceptors (Lipinski definition) is 3. The maximum absolute atomic E-state index is 12.6. The number of benzene rings is 1. The van der Waals surface area contributed by atoms with Crippen LogP contribution in [0, 0.1) is 11.3 Å². The van der Waals surface area contributed by atoms with Crippen molar-refractivity contribution in [3.8, 4) is 6.07 Å². The fourth-order valence-electron chi connectivity index (χ4n) is 1.96. The van der Waals surface area contributed by atoms with E-state index in [0.717, 1.165) is 13.1 Å². The van der Waals surface area contributed by atoms with E-state index in [2.05, 4.69) is 37.9 Å². The van der Waals surface area contributed by atoms with Crippen LogP contribution in [0.1, 0.15) is 28.4 Å². The van der Waals surface area contributed by atoms with Crippen LogP contribution in [0.3, 0.4) is 0 Å². The molecule has 1 aromatic carbocycles. The molecule has 0 N–H and O–H groups in total. The summed E-state index contributed by atoms with van der Waals surface area (Å²) in [5.41, 5.74) is 2.11. The van der Waals surface area contributed by atoms with Crippen LogP contribution in [-0.4, -0.2) is 17.4 Å². The van der Waals surface area contributed by atoms with Crippen molar-refractivity contribution in [2.45, 2.75) is 13.5 Å². The number of hydrogen-bond donors (Lipinski definition) is 0. The normalized spacial score (nSPS) is 10.2. The van der Waals surface area contributed by atoms with Crippen LogP contribution in [0.5, 0.6) is 0 Å². The minimum absolute atomic E-state index is 0.0425. The van der Waals surface area contributed by atoms with Gasteiger partial charge in [0.2, 0.25) is 0 Å². The number of nitrogens with zero attached hydrogens (tertiary/aromatic N) is 2. The van der Waals surface area contributed by atoms with E-state index in [9.17, 15) is 4.79 Å². The van der Waals surface area contributed by atoms with Gasteiger partial charge in [-0.1, -0.05) is 18.2 Å². The molecular weight excluding hydrogens is 416 g/mol. The number of nitriles is 1. The van der Waals surface area contributed by atoms with Crippen LogP contribution in [0.2, 0.25) is 0 Å². The third-order valence-corrected chi connectivity index (χ3v) is 5.39. The summed E-state index contributed by atoms with van der Waals surface area (Å²) in [7, 11) is 0. The van der Waals surface area contributed by atoms with Crippen molar-refractivity contribution < 1.29 is 4.79 Å². The van der Waals surface area contributed by atoms with Gasteiger partial charge in [-0.05, 0) is 56.5 Å². The summed E-state index contributed by atoms with van der Waals surface area (Å²) >= 11 is 8.28. The van der Waals surface area contributed by atoms with Crippen LogP contribution in [0.4, 0.5) is 0 Å². The number of carbonyl (C=O) groups excluding carboxylic acids is 1. The Morgan fingerprint density at radius 3 is 2.67 bits per heavy atom. The van der Waals surface area contributed by atoms with E-state index < -0.39 is 0 Å². The molecule has 0 bridgehead atoms. The topological polar surface area (TPSA) is 44.1 Å². The molecule has 1 heterocycles. The van der Waals surface area contributed by atoms with Crippen LogP contribution in [0.15, 0.2) is 37.9 Å². The van der Waals surface area contributed by atoms with Gasteiger partial charge >= 0.3 is 0 Å². The van der Waals surface area contributed by atoms with E-state index in [0.29, 0.717) is 24.2 Å². The summed E-state index contributed by atoms with van der Waals surface area (Å²) in [6, 6.07) is 11.3. The van der Waals surface area contributed by atoms with Gasteiger partial charge in [0.25, 0.3) is 5.91 Å². The second kappa shape index (κ2) is 7.21. The number of thiophene rings is 1. The lowest BCUT2D eigenvalue weighted by atomic mass is 10.1. The van der Waals surface area contributed by atoms with Crippen molar-refractivity contribution in [3.05, 3.63) is 54.6 Å². The number of carbonyl (C=O) groups is 1. The Hall–Kier alpha value is -1.16. The molecule has 1 aromatic heterocycles. The third kappa shape index (κ3) is 3.73. The minimum Gasteiger partial charge on any atom is -0.334 e. The molecule has 0 radical (unpaired) electrons. The highest BCUT2D eigenvalue weighted by Gasteiger charge is 2.20. The van der Waals surface area contributed by atoms with Gasteiger partial charge in [-0.2, -0.15) is 5.26 Å². The molecule has 21 heavy (non-hydrogen) atoms. The van der Waals surface area contributed by atoms with E-state index in [1.54, 1.807) is 11.0 Å². The molecule has 0 aliphatic rings. The molecule has 2 aromatic rings. The molecule has 0 fully saturated rings. The van der Waals surface area contributed by atoms with E-state index in [1.165, 1.54) is 11.3 Å². The highest BCUT2D eigenvalue weighted by molar-refractivity contribution is 9.12. The summed E-state index contributed by atoms with van der Waals surface area (Å²) in [5.74, 6) is -0.0425. The molecule has 108 valence electrons. The smallest absolute Gasteiger partial charge is 0.256 e. The van der Waals surface area contributed by atoms with E-state index in [1.807, 2.05) is 31.2 Å². The molecule has 0 unspecified atom stereocenters. The summed E-state index contributed by atoms with van der Waals surface area (Å²) in [6.45, 7) is 2.94. The Labute approximate surface area is 144 Å². The first kappa shape index (κ1) is 16.2. The number of halogens is 2. The highest BCUT2D eigenvalue weighted by Crippen LogP contribution is 2.32. The molecule has 2 rings (SSSR count). The first-order valence-electron chi connectivity index (χ1n) is 6.29. The lowest BCUT2D eigenvalue weighted by Gasteiger charge is -2.21. The Bertz CT molecular complexity index is 706. The first-order valence-corrected chi connectivity index (χ1v) is 8.69. The molecule has 0 saturated heterocycles. The Morgan fingerprint density at radius 1 is 1.38 bits per heavy atom. The zero-order valence-electron chi connectivity index (χ0n) is 11.3. The molecule has 6 heteroatoms. The number of rotatable bonds is 4. The Morgan fingerprint density at radius 2 is 2.10 bits per heavy atom. The second-order valence-corrected chi connectivity index (χ2v) is 8.08. The standard InChI is InChI=1S/C15H12Br2N2OS/c1-2-19(9-11-6-4-3-5-10(11)8-18)15(20)12-7-13(16)21-14(12)17/h3-7H,2,9H2,1H3. The van der Waals surface area contributed by atoms with Crippen molar-refractivity contribution in [1.82, 2.24) is 4.90 Å². The molecule has 0 saturated carbocycles. The molecule has 0 aliphatic heterocycles. The zero-order valence-corrected chi connectivity index (χ0v) is 15.3. The molecule has 0 aliphatic carbocycles. The van der Waals surface area contributed by atoms with Crippen molar-refractivity contribution in [1.29, 1.82) is 5.26 Å². The first-order chi connectivity index (χ1) is 10.1. The van der Waals surface area contributed by atoms with E-state index in [-0.39, 0.29) is 5.91 Å². The SMILES string of the molecule is CCN(Cc1ccccc1C#N)C(=O)c1cc(Br)sc1Br. The average molecular weight is 428 g/mol. The summed E-state index contributed by atoms with van der Waals surface area (Å²) in [5, 5.41) is 9.14. The van der Waals surface area contributed by atoms with E-state index >= 15 is 0 Å². The minimum atomic E-state index is -0.0425. The summed E-state index contributed by atoms with van der Waals surface area (Å²) in [6.07, 6.45) is 0. The van der Waals surface area contributed by atoms with Gasteiger partial charge in [0.1, 0.15) is 0 Å². The van der Waals surface area contributed by atoms with Gasteiger partial charge < -0.3 is 4.90 Å². The molecule has 3 nitrogen and oxygen atoms in total. The maximum atomic E-state index is 12.6. The largest absolute Gasteiger partial charge is 0.334 e. The van der Waals surface area contributed by atoms with Crippen LogP contribution in [-0.2, 0) is 6.54 Å². The van der Waals surface area contributed by atoms with Gasteiger partial charge in [0.15, 0.2) is 0 Å². The van der Waals surface area contributed by atoms with Gasteiger partial charge in [-0.25, -0.2) is 0 Å². The maximum Gasteiger partial charge on any atom is 0.256 e. The van der Waals surface area contributed by atoms with Gasteiger partial charge in [-0.15, -0.1) is 11.3 Å². The van der Waals surface area contributed by atoms with Crippen LogP contribution < -0.4 is 0 Å². The average Bonchev–Trinajstić information content (AvgIpc) is 2.83. The highest BCUT2D eigenvalue weighted by atomic mass is 79.9. The summed E-state index contributed by atoms with van der Waals surface area (Å²) in [4.78, 5) is 14.3. The molecule has 1 amide bonds. The van der Waals surface area contributed by atoms with Crippen molar-refractivity contribution >= 4 is 49.1 Å². The summed E-state index contributed by atoms with van der Waals surface area (Å²) < 4.78 is 1.72. The lowest BCUT2D eigenvalue weighted by Crippen LogP contribution is -2.30. The predicted octanol–water partition coefficient (Wildman–Crippen LogP) is 4.81. The zero-order chi connectivity index (χ0) is 15.4. The fourth-order valence-corrected chi connectivity index (χ4v) is 4.73. The van der Waals surface area contributed by atoms with Crippen molar-refractivity contribution in [2.75, 3.05) is 6.54 Å². The third-order valence-electron chi connectivity index (χ3n) is 3.06. The van der Waals surface area contributed by atoms with Crippen molar-refractivity contribution in [2.24, 2.45) is 0 Å². The Balaban J connectivity index is 2.26. The Kier molecular flexibility index (Phi) is 5.57. The lowest BCUT2D eigenvalue weighted by molar-refractivity contribution is 0.0752. The monoisotopic (exact) mass is 426 g/mol. The predicted molar refractivity (Wildman–Crippen MR) is 91.3 cm³/mol. The van der Waals surface area contributed by atoms with Crippen LogP contribution >= 0.6 is 43.2 Å². The second-order valence-electron chi connectivity index (χ2n) is 4.33. The van der Waals surface area contributed by atoms with Crippen molar-refractivity contribution in [3.63, 3.8) is 0 Å². The number of amides is 1. The fraction of sp³-hybridized carbons (Fsp3) is 0.200. The van der Waals surface area contributed by atoms with Gasteiger partial charge in [0, 0.05) is 13.1 Å². The molecular formula is C15H12Br2N2OS. The van der Waals surface area contributed by atoms with Gasteiger partial charge in [-0.3, -0.25) is 4.79 Å². The van der Waals surface area contributed by atoms with Crippen LogP contribution in [0.25, 0.3) is 0 Å². The molecule has 0 atom stereocenters. The van der Waals surface area contributed by atoms with E-state index in [4.69, 9.17) is 5.26 Å².